The van der Waals surface area contributed by atoms with Crippen LogP contribution in [0.25, 0.3) is 0 Å². The summed E-state index contributed by atoms with van der Waals surface area (Å²) in [6.45, 7) is 1.49. The molecule has 0 aromatic rings. The van der Waals surface area contributed by atoms with Crippen LogP contribution in [0, 0.1) is 0 Å². The Hall–Kier alpha value is 0.110. The quantitative estimate of drug-likeness (QED) is 0.551. The minimum atomic E-state index is -3.89. The van der Waals surface area contributed by atoms with Crippen molar-refractivity contribution in [2.45, 2.75) is 12.7 Å². The Labute approximate surface area is 54.6 Å². The van der Waals surface area contributed by atoms with Gasteiger partial charge in [-0.2, -0.15) is 0 Å². The van der Waals surface area contributed by atoms with E-state index >= 15 is 0 Å². The van der Waals surface area contributed by atoms with Crippen molar-refractivity contribution in [3.05, 3.63) is 0 Å². The maximum Gasteiger partial charge on any atom is 0.342 e. The van der Waals surface area contributed by atoms with Crippen LogP contribution in [0.5, 0.6) is 0 Å². The van der Waals surface area contributed by atoms with E-state index in [1.54, 1.807) is 14.1 Å². The Morgan fingerprint density at radius 1 is 1.44 bits per heavy atom. The normalized spacial score (nSPS) is 16.2. The van der Waals surface area contributed by atoms with E-state index in [9.17, 15) is 4.57 Å². The van der Waals surface area contributed by atoms with Gasteiger partial charge in [0.25, 0.3) is 0 Å². The van der Waals surface area contributed by atoms with E-state index in [2.05, 4.69) is 0 Å². The standard InChI is InChI=1S/C4H12NO3P/c1-4(5(2)3)9(6,7)8/h4H,1-3H3,(H2,6,7,8). The molecule has 4 nitrogen and oxygen atoms in total. The average Bonchev–Trinajstić information content (AvgIpc) is 1.62. The molecule has 0 heterocycles. The summed E-state index contributed by atoms with van der Waals surface area (Å²) < 4.78 is 10.4. The molecule has 9 heavy (non-hydrogen) atoms. The van der Waals surface area contributed by atoms with Gasteiger partial charge in [-0.1, -0.05) is 0 Å². The lowest BCUT2D eigenvalue weighted by Crippen LogP contribution is -2.24. The van der Waals surface area contributed by atoms with Crippen LogP contribution in [0.4, 0.5) is 0 Å². The third kappa shape index (κ3) is 2.96. The highest BCUT2D eigenvalue weighted by molar-refractivity contribution is 7.52. The molecule has 1 atom stereocenters. The lowest BCUT2D eigenvalue weighted by molar-refractivity contribution is 0.294. The van der Waals surface area contributed by atoms with E-state index in [0.29, 0.717) is 0 Å². The number of hydrogen-bond acceptors (Lipinski definition) is 2. The Balaban J connectivity index is 4.05. The zero-order valence-electron chi connectivity index (χ0n) is 5.77. The average molecular weight is 153 g/mol. The van der Waals surface area contributed by atoms with Crippen molar-refractivity contribution in [1.82, 2.24) is 4.90 Å². The van der Waals surface area contributed by atoms with Crippen LogP contribution in [-0.4, -0.2) is 34.6 Å². The maximum atomic E-state index is 10.4. The van der Waals surface area contributed by atoms with Crippen molar-refractivity contribution >= 4 is 7.60 Å². The summed E-state index contributed by atoms with van der Waals surface area (Å²) in [5, 5.41) is 0. The fraction of sp³-hybridized carbons (Fsp3) is 1.00. The molecule has 0 saturated carbocycles. The molecule has 0 rings (SSSR count). The molecule has 0 saturated heterocycles. The van der Waals surface area contributed by atoms with Gasteiger partial charge in [0.1, 0.15) is 5.78 Å². The molecule has 0 radical (unpaired) electrons. The summed E-state index contributed by atoms with van der Waals surface area (Å²) in [6, 6.07) is 0. The van der Waals surface area contributed by atoms with Crippen molar-refractivity contribution in [2.75, 3.05) is 14.1 Å². The first-order valence-corrected chi connectivity index (χ1v) is 4.25. The highest BCUT2D eigenvalue weighted by atomic mass is 31.2. The third-order valence-electron chi connectivity index (χ3n) is 1.23. The molecule has 56 valence electrons. The fourth-order valence-electron chi connectivity index (χ4n) is 0.301. The van der Waals surface area contributed by atoms with Crippen molar-refractivity contribution < 1.29 is 14.4 Å². The summed E-state index contributed by atoms with van der Waals surface area (Å²) in [4.78, 5) is 18.5. The Morgan fingerprint density at radius 3 is 1.78 bits per heavy atom. The van der Waals surface area contributed by atoms with Crippen LogP contribution in [-0.2, 0) is 4.57 Å². The third-order valence-corrected chi connectivity index (χ3v) is 2.67. The van der Waals surface area contributed by atoms with E-state index in [1.165, 1.54) is 11.8 Å². The molecular weight excluding hydrogens is 141 g/mol. The lowest BCUT2D eigenvalue weighted by atomic mass is 10.7. The molecule has 0 aliphatic rings. The molecule has 5 heteroatoms. The highest BCUT2D eigenvalue weighted by Gasteiger charge is 2.24. The Morgan fingerprint density at radius 2 is 1.78 bits per heavy atom. The second-order valence-corrected chi connectivity index (χ2v) is 4.11. The minimum absolute atomic E-state index is 0.683. The summed E-state index contributed by atoms with van der Waals surface area (Å²) in [7, 11) is -0.630. The molecule has 0 aliphatic heterocycles. The summed E-state index contributed by atoms with van der Waals surface area (Å²) in [6.07, 6.45) is 0. The van der Waals surface area contributed by atoms with Crippen molar-refractivity contribution in [2.24, 2.45) is 0 Å². The van der Waals surface area contributed by atoms with Gasteiger partial charge in [-0.15, -0.1) is 0 Å². The highest BCUT2D eigenvalue weighted by Crippen LogP contribution is 2.41. The van der Waals surface area contributed by atoms with Gasteiger partial charge in [0.05, 0.1) is 0 Å². The Bertz CT molecular complexity index is 130. The van der Waals surface area contributed by atoms with Gasteiger partial charge in [0, 0.05) is 0 Å². The number of hydrogen-bond donors (Lipinski definition) is 2. The lowest BCUT2D eigenvalue weighted by Gasteiger charge is -2.19. The van der Waals surface area contributed by atoms with E-state index < -0.39 is 13.4 Å². The first-order valence-electron chi connectivity index (χ1n) is 2.57. The van der Waals surface area contributed by atoms with E-state index in [-0.39, 0.29) is 0 Å². The maximum absolute atomic E-state index is 10.4. The zero-order chi connectivity index (χ0) is 7.65. The second-order valence-electron chi connectivity index (χ2n) is 2.18. The predicted octanol–water partition coefficient (Wildman–Crippen LogP) is 0.0717. The van der Waals surface area contributed by atoms with Gasteiger partial charge in [0.15, 0.2) is 0 Å². The molecule has 0 bridgehead atoms. The summed E-state index contributed by atoms with van der Waals surface area (Å²) >= 11 is 0. The molecule has 0 aromatic carbocycles. The molecule has 0 spiro atoms. The first kappa shape index (κ1) is 9.11. The SMILES string of the molecule is CC(N(C)C)P(=O)(O)O. The molecule has 0 amide bonds. The van der Waals surface area contributed by atoms with E-state index in [1.807, 2.05) is 0 Å². The number of nitrogens with zero attached hydrogens (tertiary/aromatic N) is 1. The van der Waals surface area contributed by atoms with Gasteiger partial charge >= 0.3 is 7.60 Å². The Kier molecular flexibility index (Phi) is 2.83. The van der Waals surface area contributed by atoms with Gasteiger partial charge in [-0.25, -0.2) is 0 Å². The number of rotatable bonds is 2. The van der Waals surface area contributed by atoms with Crippen LogP contribution in [0.3, 0.4) is 0 Å². The molecule has 0 fully saturated rings. The fourth-order valence-corrected chi connectivity index (χ4v) is 0.903. The smallest absolute Gasteiger partial charge is 0.323 e. The van der Waals surface area contributed by atoms with Gasteiger partial charge in [0.2, 0.25) is 0 Å². The topological polar surface area (TPSA) is 60.8 Å². The second kappa shape index (κ2) is 2.80. The monoisotopic (exact) mass is 153 g/mol. The van der Waals surface area contributed by atoms with Crippen LogP contribution in [0.15, 0.2) is 0 Å². The van der Waals surface area contributed by atoms with Crippen LogP contribution in [0.2, 0.25) is 0 Å². The van der Waals surface area contributed by atoms with Crippen molar-refractivity contribution in [1.29, 1.82) is 0 Å². The minimum Gasteiger partial charge on any atom is -0.323 e. The van der Waals surface area contributed by atoms with Gasteiger partial charge in [-0.3, -0.25) is 9.46 Å². The van der Waals surface area contributed by atoms with Crippen LogP contribution >= 0.6 is 7.60 Å². The summed E-state index contributed by atoms with van der Waals surface area (Å²) in [5.41, 5.74) is 0. The molecule has 2 N–H and O–H groups in total. The van der Waals surface area contributed by atoms with Crippen LogP contribution in [0.1, 0.15) is 6.92 Å². The van der Waals surface area contributed by atoms with E-state index in [0.717, 1.165) is 0 Å². The predicted molar refractivity (Wildman–Crippen MR) is 35.2 cm³/mol. The molecule has 0 aromatic heterocycles. The van der Waals surface area contributed by atoms with E-state index in [4.69, 9.17) is 9.79 Å². The van der Waals surface area contributed by atoms with Crippen LogP contribution < -0.4 is 0 Å². The molecular formula is C4H12NO3P. The summed E-state index contributed by atoms with van der Waals surface area (Å²) in [5.74, 6) is -0.683. The van der Waals surface area contributed by atoms with Crippen molar-refractivity contribution in [3.63, 3.8) is 0 Å². The van der Waals surface area contributed by atoms with Gasteiger partial charge < -0.3 is 9.79 Å². The molecule has 1 unspecified atom stereocenters. The van der Waals surface area contributed by atoms with Crippen molar-refractivity contribution in [3.8, 4) is 0 Å². The zero-order valence-corrected chi connectivity index (χ0v) is 6.67. The first-order chi connectivity index (χ1) is 3.85. The van der Waals surface area contributed by atoms with Gasteiger partial charge in [-0.05, 0) is 21.0 Å². The largest absolute Gasteiger partial charge is 0.342 e. The molecule has 0 aliphatic carbocycles.